The van der Waals surface area contributed by atoms with Crippen molar-refractivity contribution in [1.29, 1.82) is 5.26 Å². The second-order valence-electron chi connectivity index (χ2n) is 6.36. The number of benzene rings is 3. The number of carbonyl (C=O) groups excluding carboxylic acids is 1. The Morgan fingerprint density at radius 3 is 2.13 bits per heavy atom. The number of ether oxygens (including phenoxy) is 1. The molecule has 0 aliphatic carbocycles. The van der Waals surface area contributed by atoms with Gasteiger partial charge in [0.15, 0.2) is 0 Å². The van der Waals surface area contributed by atoms with E-state index in [2.05, 4.69) is 10.6 Å². The normalized spacial score (nSPS) is 10.8. The lowest BCUT2D eigenvalue weighted by atomic mass is 10.2. The lowest BCUT2D eigenvalue weighted by Gasteiger charge is -2.12. The Kier molecular flexibility index (Phi) is 6.68. The van der Waals surface area contributed by atoms with Gasteiger partial charge in [0.2, 0.25) is 5.91 Å². The highest BCUT2D eigenvalue weighted by Gasteiger charge is 2.33. The summed E-state index contributed by atoms with van der Waals surface area (Å²) in [5.74, 6) is 0.645. The summed E-state index contributed by atoms with van der Waals surface area (Å²) < 4.78 is 44.4. The van der Waals surface area contributed by atoms with Gasteiger partial charge < -0.3 is 15.4 Å². The topological polar surface area (TPSA) is 74.1 Å². The fourth-order valence-corrected chi connectivity index (χ4v) is 2.80. The van der Waals surface area contributed by atoms with Crippen molar-refractivity contribution in [2.45, 2.75) is 6.18 Å². The van der Waals surface area contributed by atoms with E-state index in [1.165, 1.54) is 6.07 Å². The average Bonchev–Trinajstić information content (AvgIpc) is 2.74. The van der Waals surface area contributed by atoms with E-state index in [0.717, 1.165) is 12.1 Å². The van der Waals surface area contributed by atoms with Gasteiger partial charge in [-0.1, -0.05) is 11.6 Å². The van der Waals surface area contributed by atoms with Crippen LogP contribution in [0.15, 0.2) is 66.7 Å². The molecule has 0 aliphatic rings. The number of halogens is 4. The Bertz CT molecular complexity index is 1110. The van der Waals surface area contributed by atoms with E-state index in [4.69, 9.17) is 21.6 Å². The molecular formula is C22H15ClF3N3O2. The van der Waals surface area contributed by atoms with Gasteiger partial charge in [-0.3, -0.25) is 4.79 Å². The van der Waals surface area contributed by atoms with Gasteiger partial charge in [0.1, 0.15) is 11.5 Å². The van der Waals surface area contributed by atoms with Gasteiger partial charge in [0.05, 0.1) is 28.8 Å². The number of amides is 1. The quantitative estimate of drug-likeness (QED) is 0.482. The summed E-state index contributed by atoms with van der Waals surface area (Å²) in [7, 11) is 0. The molecule has 0 unspecified atom stereocenters. The van der Waals surface area contributed by atoms with Crippen molar-refractivity contribution in [2.75, 3.05) is 17.2 Å². The number of nitriles is 1. The molecule has 3 aromatic rings. The molecule has 0 saturated heterocycles. The maximum atomic E-state index is 12.9. The molecule has 0 spiro atoms. The highest BCUT2D eigenvalue weighted by molar-refractivity contribution is 6.31. The second-order valence-corrected chi connectivity index (χ2v) is 6.76. The van der Waals surface area contributed by atoms with Crippen molar-refractivity contribution in [2.24, 2.45) is 0 Å². The van der Waals surface area contributed by atoms with Crippen molar-refractivity contribution >= 4 is 28.9 Å². The Balaban J connectivity index is 1.54. The number of alkyl halides is 3. The molecule has 5 nitrogen and oxygen atoms in total. The molecule has 0 atom stereocenters. The van der Waals surface area contributed by atoms with Crippen LogP contribution in [0.3, 0.4) is 0 Å². The van der Waals surface area contributed by atoms with E-state index in [9.17, 15) is 18.0 Å². The molecule has 3 rings (SSSR count). The minimum absolute atomic E-state index is 0.123. The van der Waals surface area contributed by atoms with Crippen LogP contribution in [-0.4, -0.2) is 12.5 Å². The fraction of sp³-hybridized carbons (Fsp3) is 0.0909. The summed E-state index contributed by atoms with van der Waals surface area (Å²) in [5.41, 5.74) is 0.161. The predicted molar refractivity (Wildman–Crippen MR) is 111 cm³/mol. The van der Waals surface area contributed by atoms with E-state index in [1.807, 2.05) is 6.07 Å². The van der Waals surface area contributed by atoms with Crippen LogP contribution < -0.4 is 15.4 Å². The Labute approximate surface area is 181 Å². The summed E-state index contributed by atoms with van der Waals surface area (Å²) in [6.07, 6.45) is -4.58. The molecule has 0 saturated carbocycles. The van der Waals surface area contributed by atoms with Crippen LogP contribution in [0.5, 0.6) is 11.5 Å². The van der Waals surface area contributed by atoms with Crippen LogP contribution in [0.1, 0.15) is 11.1 Å². The zero-order valence-electron chi connectivity index (χ0n) is 15.8. The molecule has 158 valence electrons. The first kappa shape index (κ1) is 22.0. The average molecular weight is 446 g/mol. The van der Waals surface area contributed by atoms with E-state index >= 15 is 0 Å². The smallest absolute Gasteiger partial charge is 0.417 e. The molecule has 0 aliphatic heterocycles. The lowest BCUT2D eigenvalue weighted by molar-refractivity contribution is -0.137. The number of nitrogens with zero attached hydrogens (tertiary/aromatic N) is 1. The highest BCUT2D eigenvalue weighted by atomic mass is 35.5. The van der Waals surface area contributed by atoms with Crippen molar-refractivity contribution in [3.63, 3.8) is 0 Å². The summed E-state index contributed by atoms with van der Waals surface area (Å²) in [5, 5.41) is 13.7. The highest BCUT2D eigenvalue weighted by Crippen LogP contribution is 2.36. The van der Waals surface area contributed by atoms with E-state index in [0.29, 0.717) is 22.7 Å². The Morgan fingerprint density at radius 1 is 0.968 bits per heavy atom. The summed E-state index contributed by atoms with van der Waals surface area (Å²) >= 11 is 5.58. The Hall–Kier alpha value is -3.70. The van der Waals surface area contributed by atoms with Crippen LogP contribution in [-0.2, 0) is 11.0 Å². The Morgan fingerprint density at radius 2 is 1.55 bits per heavy atom. The van der Waals surface area contributed by atoms with Crippen molar-refractivity contribution in [1.82, 2.24) is 0 Å². The third-order valence-electron chi connectivity index (χ3n) is 4.08. The number of carbonyl (C=O) groups is 1. The fourth-order valence-electron chi connectivity index (χ4n) is 2.58. The first-order chi connectivity index (χ1) is 14.7. The standard InChI is InChI=1S/C22H15ClF3N3O2/c23-20-10-5-16(11-19(20)22(24,25)26)28-13-21(30)29-15-3-8-18(9-4-15)31-17-6-1-14(12-27)2-7-17/h1-11,28H,13H2,(H,29,30). The largest absolute Gasteiger partial charge is 0.457 e. The molecule has 9 heteroatoms. The van der Waals surface area contributed by atoms with Gasteiger partial charge in [0, 0.05) is 11.4 Å². The van der Waals surface area contributed by atoms with E-state index < -0.39 is 22.7 Å². The minimum Gasteiger partial charge on any atom is -0.457 e. The van der Waals surface area contributed by atoms with E-state index in [-0.39, 0.29) is 12.2 Å². The molecular weight excluding hydrogens is 431 g/mol. The van der Waals surface area contributed by atoms with Gasteiger partial charge in [0.25, 0.3) is 0 Å². The van der Waals surface area contributed by atoms with Crippen LogP contribution in [0.4, 0.5) is 24.5 Å². The predicted octanol–water partition coefficient (Wildman–Crippen LogP) is 6.07. The summed E-state index contributed by atoms with van der Waals surface area (Å²) in [6.45, 7) is -0.234. The molecule has 2 N–H and O–H groups in total. The first-order valence-electron chi connectivity index (χ1n) is 8.93. The van der Waals surface area contributed by atoms with Gasteiger partial charge in [-0.25, -0.2) is 0 Å². The summed E-state index contributed by atoms with van der Waals surface area (Å²) in [6, 6.07) is 18.5. The third-order valence-corrected chi connectivity index (χ3v) is 4.41. The number of rotatable bonds is 6. The van der Waals surface area contributed by atoms with Crippen molar-refractivity contribution in [3.8, 4) is 17.6 Å². The van der Waals surface area contributed by atoms with Crippen LogP contribution >= 0.6 is 11.6 Å². The van der Waals surface area contributed by atoms with Crippen LogP contribution in [0.25, 0.3) is 0 Å². The maximum absolute atomic E-state index is 12.9. The first-order valence-corrected chi connectivity index (χ1v) is 9.31. The molecule has 0 heterocycles. The number of nitrogens with one attached hydrogen (secondary N) is 2. The number of hydrogen-bond acceptors (Lipinski definition) is 4. The minimum atomic E-state index is -4.58. The third kappa shape index (κ3) is 6.14. The summed E-state index contributed by atoms with van der Waals surface area (Å²) in [4.78, 5) is 12.1. The van der Waals surface area contributed by atoms with E-state index in [1.54, 1.807) is 48.5 Å². The maximum Gasteiger partial charge on any atom is 0.417 e. The molecule has 0 radical (unpaired) electrons. The molecule has 0 aromatic heterocycles. The molecule has 0 fully saturated rings. The van der Waals surface area contributed by atoms with Gasteiger partial charge >= 0.3 is 6.18 Å². The second kappa shape index (κ2) is 9.41. The van der Waals surface area contributed by atoms with Crippen LogP contribution in [0, 0.1) is 11.3 Å². The molecule has 3 aromatic carbocycles. The van der Waals surface area contributed by atoms with Gasteiger partial charge in [-0.2, -0.15) is 18.4 Å². The molecule has 1 amide bonds. The monoisotopic (exact) mass is 445 g/mol. The SMILES string of the molecule is N#Cc1ccc(Oc2ccc(NC(=O)CNc3ccc(Cl)c(C(F)(F)F)c3)cc2)cc1. The molecule has 31 heavy (non-hydrogen) atoms. The number of hydrogen-bond donors (Lipinski definition) is 2. The van der Waals surface area contributed by atoms with Gasteiger partial charge in [-0.15, -0.1) is 0 Å². The van der Waals surface area contributed by atoms with Gasteiger partial charge in [-0.05, 0) is 66.7 Å². The van der Waals surface area contributed by atoms with Crippen molar-refractivity contribution in [3.05, 3.63) is 82.9 Å². The lowest BCUT2D eigenvalue weighted by Crippen LogP contribution is -2.22. The molecule has 0 bridgehead atoms. The number of anilines is 2. The van der Waals surface area contributed by atoms with Crippen molar-refractivity contribution < 1.29 is 22.7 Å². The zero-order valence-corrected chi connectivity index (χ0v) is 16.6. The van der Waals surface area contributed by atoms with Crippen LogP contribution in [0.2, 0.25) is 5.02 Å². The zero-order chi connectivity index (χ0) is 22.4.